The Balaban J connectivity index is 2.16. The van der Waals surface area contributed by atoms with Crippen molar-refractivity contribution < 1.29 is 9.84 Å². The zero-order valence-electron chi connectivity index (χ0n) is 6.76. The van der Waals surface area contributed by atoms with E-state index in [9.17, 15) is 0 Å². The lowest BCUT2D eigenvalue weighted by Crippen LogP contribution is -2.04. The van der Waals surface area contributed by atoms with Gasteiger partial charge in [0.15, 0.2) is 0 Å². The monoisotopic (exact) mass is 144 g/mol. The highest BCUT2D eigenvalue weighted by atomic mass is 16.5. The normalized spacial score (nSPS) is 38.1. The SMILES string of the molecule is COCCC1(C)CC1CO. The number of rotatable bonds is 4. The van der Waals surface area contributed by atoms with Gasteiger partial charge in [-0.05, 0) is 24.2 Å². The van der Waals surface area contributed by atoms with E-state index in [2.05, 4.69) is 6.92 Å². The molecule has 0 aromatic carbocycles. The molecule has 0 spiro atoms. The largest absolute Gasteiger partial charge is 0.396 e. The van der Waals surface area contributed by atoms with Crippen LogP contribution in [0.5, 0.6) is 0 Å². The smallest absolute Gasteiger partial charge is 0.0467 e. The van der Waals surface area contributed by atoms with Gasteiger partial charge in [0, 0.05) is 20.3 Å². The van der Waals surface area contributed by atoms with Crippen molar-refractivity contribution in [1.29, 1.82) is 0 Å². The number of aliphatic hydroxyl groups is 1. The Morgan fingerprint density at radius 2 is 2.40 bits per heavy atom. The van der Waals surface area contributed by atoms with Crippen LogP contribution in [-0.2, 0) is 4.74 Å². The molecule has 0 heterocycles. The maximum atomic E-state index is 8.80. The van der Waals surface area contributed by atoms with E-state index in [4.69, 9.17) is 9.84 Å². The van der Waals surface area contributed by atoms with Crippen molar-refractivity contribution in [3.8, 4) is 0 Å². The van der Waals surface area contributed by atoms with Crippen molar-refractivity contribution >= 4 is 0 Å². The van der Waals surface area contributed by atoms with Gasteiger partial charge < -0.3 is 9.84 Å². The summed E-state index contributed by atoms with van der Waals surface area (Å²) in [6.07, 6.45) is 2.27. The fourth-order valence-electron chi connectivity index (χ4n) is 1.43. The number of hydrogen-bond donors (Lipinski definition) is 1. The number of hydrogen-bond acceptors (Lipinski definition) is 2. The Labute approximate surface area is 62.2 Å². The van der Waals surface area contributed by atoms with Crippen LogP contribution in [0.25, 0.3) is 0 Å². The molecule has 1 aliphatic rings. The molecule has 1 rings (SSSR count). The molecule has 0 bridgehead atoms. The molecule has 0 aliphatic heterocycles. The second-order valence-electron chi connectivity index (χ2n) is 3.48. The third-order valence-corrected chi connectivity index (χ3v) is 2.64. The quantitative estimate of drug-likeness (QED) is 0.639. The molecule has 0 aromatic rings. The third kappa shape index (κ3) is 1.50. The van der Waals surface area contributed by atoms with Gasteiger partial charge in [-0.3, -0.25) is 0 Å². The first-order valence-corrected chi connectivity index (χ1v) is 3.83. The first-order valence-electron chi connectivity index (χ1n) is 3.83. The standard InChI is InChI=1S/C8H16O2/c1-8(3-4-10-2)5-7(8)6-9/h7,9H,3-6H2,1-2H3. The summed E-state index contributed by atoms with van der Waals surface area (Å²) in [4.78, 5) is 0. The predicted octanol–water partition coefficient (Wildman–Crippen LogP) is 1.04. The zero-order valence-corrected chi connectivity index (χ0v) is 6.76. The maximum absolute atomic E-state index is 8.80. The summed E-state index contributed by atoms with van der Waals surface area (Å²) in [6, 6.07) is 0. The number of ether oxygens (including phenoxy) is 1. The van der Waals surface area contributed by atoms with Crippen LogP contribution in [-0.4, -0.2) is 25.4 Å². The summed E-state index contributed by atoms with van der Waals surface area (Å²) in [5.74, 6) is 0.544. The Hall–Kier alpha value is -0.0800. The summed E-state index contributed by atoms with van der Waals surface area (Å²) in [7, 11) is 1.72. The van der Waals surface area contributed by atoms with Gasteiger partial charge in [-0.15, -0.1) is 0 Å². The lowest BCUT2D eigenvalue weighted by Gasteiger charge is -2.07. The molecule has 2 nitrogen and oxygen atoms in total. The van der Waals surface area contributed by atoms with Crippen LogP contribution in [0.1, 0.15) is 19.8 Å². The Morgan fingerprint density at radius 3 is 2.80 bits per heavy atom. The molecular formula is C8H16O2. The average Bonchev–Trinajstić information content (AvgIpc) is 2.59. The van der Waals surface area contributed by atoms with Crippen LogP contribution in [0, 0.1) is 11.3 Å². The highest BCUT2D eigenvalue weighted by molar-refractivity contribution is 4.97. The molecule has 2 unspecified atom stereocenters. The summed E-state index contributed by atoms with van der Waals surface area (Å²) in [5, 5.41) is 8.80. The molecule has 0 saturated heterocycles. The molecule has 0 amide bonds. The maximum Gasteiger partial charge on any atom is 0.0467 e. The Kier molecular flexibility index (Phi) is 2.32. The van der Waals surface area contributed by atoms with Crippen molar-refractivity contribution in [2.75, 3.05) is 20.3 Å². The molecule has 0 radical (unpaired) electrons. The second kappa shape index (κ2) is 2.89. The van der Waals surface area contributed by atoms with Crippen LogP contribution in [0.2, 0.25) is 0 Å². The lowest BCUT2D eigenvalue weighted by atomic mass is 10.0. The molecule has 1 aliphatic carbocycles. The molecule has 1 saturated carbocycles. The van der Waals surface area contributed by atoms with E-state index in [1.807, 2.05) is 0 Å². The second-order valence-corrected chi connectivity index (χ2v) is 3.48. The van der Waals surface area contributed by atoms with Crippen molar-refractivity contribution in [3.63, 3.8) is 0 Å². The minimum atomic E-state index is 0.347. The molecule has 2 atom stereocenters. The lowest BCUT2D eigenvalue weighted by molar-refractivity contribution is 0.165. The number of aliphatic hydroxyl groups excluding tert-OH is 1. The van der Waals surface area contributed by atoms with E-state index < -0.39 is 0 Å². The van der Waals surface area contributed by atoms with E-state index >= 15 is 0 Å². The van der Waals surface area contributed by atoms with Gasteiger partial charge >= 0.3 is 0 Å². The van der Waals surface area contributed by atoms with E-state index in [0.717, 1.165) is 13.0 Å². The summed E-state index contributed by atoms with van der Waals surface area (Å²) in [5.41, 5.74) is 0.394. The minimum absolute atomic E-state index is 0.347. The fourth-order valence-corrected chi connectivity index (χ4v) is 1.43. The summed E-state index contributed by atoms with van der Waals surface area (Å²) in [6.45, 7) is 3.39. The van der Waals surface area contributed by atoms with Crippen LogP contribution >= 0.6 is 0 Å². The zero-order chi connectivity index (χ0) is 7.61. The van der Waals surface area contributed by atoms with E-state index in [1.165, 1.54) is 6.42 Å². The Bertz CT molecular complexity index is 114. The van der Waals surface area contributed by atoms with E-state index in [1.54, 1.807) is 7.11 Å². The molecule has 10 heavy (non-hydrogen) atoms. The van der Waals surface area contributed by atoms with Crippen molar-refractivity contribution in [2.45, 2.75) is 19.8 Å². The topological polar surface area (TPSA) is 29.5 Å². The molecule has 1 fully saturated rings. The molecular weight excluding hydrogens is 128 g/mol. The van der Waals surface area contributed by atoms with Crippen LogP contribution in [0.3, 0.4) is 0 Å². The van der Waals surface area contributed by atoms with Crippen molar-refractivity contribution in [3.05, 3.63) is 0 Å². The van der Waals surface area contributed by atoms with Gasteiger partial charge in [0.2, 0.25) is 0 Å². The highest BCUT2D eigenvalue weighted by Crippen LogP contribution is 2.54. The van der Waals surface area contributed by atoms with Crippen molar-refractivity contribution in [2.24, 2.45) is 11.3 Å². The first kappa shape index (κ1) is 8.02. The average molecular weight is 144 g/mol. The molecule has 0 aromatic heterocycles. The Morgan fingerprint density at radius 1 is 1.70 bits per heavy atom. The minimum Gasteiger partial charge on any atom is -0.396 e. The third-order valence-electron chi connectivity index (χ3n) is 2.64. The van der Waals surface area contributed by atoms with Gasteiger partial charge in [0.1, 0.15) is 0 Å². The van der Waals surface area contributed by atoms with Gasteiger partial charge in [-0.1, -0.05) is 6.92 Å². The number of methoxy groups -OCH3 is 1. The van der Waals surface area contributed by atoms with Crippen LogP contribution in [0.4, 0.5) is 0 Å². The molecule has 60 valence electrons. The first-order chi connectivity index (χ1) is 4.73. The van der Waals surface area contributed by atoms with E-state index in [-0.39, 0.29) is 0 Å². The summed E-state index contributed by atoms with van der Waals surface area (Å²) < 4.78 is 4.97. The van der Waals surface area contributed by atoms with Crippen molar-refractivity contribution in [1.82, 2.24) is 0 Å². The van der Waals surface area contributed by atoms with Gasteiger partial charge in [-0.25, -0.2) is 0 Å². The van der Waals surface area contributed by atoms with E-state index in [0.29, 0.717) is 17.9 Å². The van der Waals surface area contributed by atoms with Crippen LogP contribution < -0.4 is 0 Å². The predicted molar refractivity (Wildman–Crippen MR) is 39.8 cm³/mol. The molecule has 2 heteroatoms. The van der Waals surface area contributed by atoms with Crippen LogP contribution in [0.15, 0.2) is 0 Å². The fraction of sp³-hybridized carbons (Fsp3) is 1.00. The van der Waals surface area contributed by atoms with Gasteiger partial charge in [0.25, 0.3) is 0 Å². The summed E-state index contributed by atoms with van der Waals surface area (Å²) >= 11 is 0. The van der Waals surface area contributed by atoms with Gasteiger partial charge in [-0.2, -0.15) is 0 Å². The molecule has 1 N–H and O–H groups in total. The highest BCUT2D eigenvalue weighted by Gasteiger charge is 2.48. The van der Waals surface area contributed by atoms with Gasteiger partial charge in [0.05, 0.1) is 0 Å².